The lowest BCUT2D eigenvalue weighted by molar-refractivity contribution is -0.132. The number of piperidine rings is 1. The molecular formula is C27H40BrN7O5S. The lowest BCUT2D eigenvalue weighted by atomic mass is 9.93. The van der Waals surface area contributed by atoms with E-state index in [1.807, 2.05) is 26.0 Å². The molecule has 0 unspecified atom stereocenters. The van der Waals surface area contributed by atoms with Gasteiger partial charge < -0.3 is 26.4 Å². The van der Waals surface area contributed by atoms with Crippen LogP contribution in [0.1, 0.15) is 56.0 Å². The SMILES string of the molecule is CCCOCC(C)(C)C(=O)NCCS(=O)(=O)N1CCC(Nc2ncc(Br)c(Nc3cccc(C)c3C(N)=O)n2)CC1. The smallest absolute Gasteiger partial charge is 0.251 e. The summed E-state index contributed by atoms with van der Waals surface area (Å²) in [6, 6.07) is 5.35. The normalized spacial score (nSPS) is 15.0. The highest BCUT2D eigenvalue weighted by molar-refractivity contribution is 9.10. The minimum atomic E-state index is -3.53. The molecule has 1 aromatic carbocycles. The van der Waals surface area contributed by atoms with Crippen molar-refractivity contribution in [2.75, 3.05) is 49.2 Å². The monoisotopic (exact) mass is 653 g/mol. The van der Waals surface area contributed by atoms with Gasteiger partial charge in [-0.3, -0.25) is 9.59 Å². The van der Waals surface area contributed by atoms with E-state index in [2.05, 4.69) is 41.8 Å². The van der Waals surface area contributed by atoms with Crippen molar-refractivity contribution in [3.63, 3.8) is 0 Å². The number of aromatic nitrogens is 2. The maximum Gasteiger partial charge on any atom is 0.251 e. The van der Waals surface area contributed by atoms with Gasteiger partial charge in [-0.05, 0) is 67.6 Å². The van der Waals surface area contributed by atoms with Gasteiger partial charge in [0.15, 0.2) is 0 Å². The molecule has 0 bridgehead atoms. The first kappa shape index (κ1) is 32.7. The summed E-state index contributed by atoms with van der Waals surface area (Å²) in [5, 5.41) is 9.18. The summed E-state index contributed by atoms with van der Waals surface area (Å²) in [5.74, 6) is -0.112. The largest absolute Gasteiger partial charge is 0.380 e. The molecule has 1 aromatic heterocycles. The number of hydrogen-bond donors (Lipinski definition) is 4. The van der Waals surface area contributed by atoms with Crippen LogP contribution in [0.15, 0.2) is 28.9 Å². The molecule has 41 heavy (non-hydrogen) atoms. The van der Waals surface area contributed by atoms with Crippen molar-refractivity contribution in [2.45, 2.75) is 53.0 Å². The molecule has 3 rings (SSSR count). The van der Waals surface area contributed by atoms with E-state index < -0.39 is 21.3 Å². The second-order valence-corrected chi connectivity index (χ2v) is 13.6. The van der Waals surface area contributed by atoms with Crippen LogP contribution in [0.5, 0.6) is 0 Å². The Morgan fingerprint density at radius 2 is 1.95 bits per heavy atom. The van der Waals surface area contributed by atoms with Gasteiger partial charge in [0, 0.05) is 38.5 Å². The van der Waals surface area contributed by atoms with E-state index in [0.717, 1.165) is 12.0 Å². The van der Waals surface area contributed by atoms with Crippen LogP contribution >= 0.6 is 15.9 Å². The van der Waals surface area contributed by atoms with Gasteiger partial charge in [0.1, 0.15) is 5.82 Å². The number of ether oxygens (including phenoxy) is 1. The van der Waals surface area contributed by atoms with Gasteiger partial charge in [0.2, 0.25) is 21.9 Å². The summed E-state index contributed by atoms with van der Waals surface area (Å²) in [6.07, 6.45) is 3.60. The van der Waals surface area contributed by atoms with Crippen LogP contribution in [-0.2, 0) is 19.6 Å². The molecule has 1 aliphatic heterocycles. The van der Waals surface area contributed by atoms with Crippen molar-refractivity contribution in [3.8, 4) is 0 Å². The van der Waals surface area contributed by atoms with Crippen molar-refractivity contribution < 1.29 is 22.7 Å². The van der Waals surface area contributed by atoms with E-state index in [4.69, 9.17) is 10.5 Å². The van der Waals surface area contributed by atoms with E-state index in [0.29, 0.717) is 60.0 Å². The predicted molar refractivity (Wildman–Crippen MR) is 163 cm³/mol. The van der Waals surface area contributed by atoms with E-state index in [1.165, 1.54) is 4.31 Å². The summed E-state index contributed by atoms with van der Waals surface area (Å²) in [7, 11) is -3.53. The number of carbonyl (C=O) groups is 2. The molecule has 0 radical (unpaired) electrons. The van der Waals surface area contributed by atoms with Crippen molar-refractivity contribution >= 4 is 55.2 Å². The number of primary amides is 1. The van der Waals surface area contributed by atoms with Crippen LogP contribution in [0.4, 0.5) is 17.5 Å². The standard InChI is InChI=1S/C27H40BrN7O5S/c1-5-14-40-17-27(3,4)25(37)30-11-15-41(38,39)35-12-9-19(10-13-35)32-26-31-16-20(28)24(34-26)33-21-8-6-7-18(2)22(21)23(29)36/h6-8,16,19H,5,9-15,17H2,1-4H3,(H2,29,36)(H,30,37)(H2,31,32,33,34). The first-order chi connectivity index (χ1) is 19.3. The van der Waals surface area contributed by atoms with Gasteiger partial charge >= 0.3 is 0 Å². The third-order valence-electron chi connectivity index (χ3n) is 6.77. The topological polar surface area (TPSA) is 169 Å². The van der Waals surface area contributed by atoms with E-state index >= 15 is 0 Å². The molecule has 1 aliphatic rings. The fraction of sp³-hybridized carbons (Fsp3) is 0.556. The van der Waals surface area contributed by atoms with Gasteiger partial charge in [-0.25, -0.2) is 17.7 Å². The molecule has 0 atom stereocenters. The third kappa shape index (κ3) is 9.09. The number of aryl methyl sites for hydroxylation is 1. The van der Waals surface area contributed by atoms with Crippen molar-refractivity contribution in [1.82, 2.24) is 19.6 Å². The Morgan fingerprint density at radius 3 is 2.61 bits per heavy atom. The predicted octanol–water partition coefficient (Wildman–Crippen LogP) is 3.17. The molecule has 0 aliphatic carbocycles. The van der Waals surface area contributed by atoms with Crippen molar-refractivity contribution in [3.05, 3.63) is 40.0 Å². The zero-order chi connectivity index (χ0) is 30.2. The Bertz CT molecular complexity index is 1330. The quantitative estimate of drug-likeness (QED) is 0.224. The molecule has 14 heteroatoms. The molecule has 0 spiro atoms. The first-order valence-corrected chi connectivity index (χ1v) is 16.0. The second-order valence-electron chi connectivity index (χ2n) is 10.7. The highest BCUT2D eigenvalue weighted by atomic mass is 79.9. The molecular weight excluding hydrogens is 614 g/mol. The number of sulfonamides is 1. The van der Waals surface area contributed by atoms with Crippen LogP contribution in [0, 0.1) is 12.3 Å². The Hall–Kier alpha value is -2.81. The fourth-order valence-electron chi connectivity index (χ4n) is 4.41. The average Bonchev–Trinajstić information content (AvgIpc) is 2.90. The molecule has 1 saturated heterocycles. The summed E-state index contributed by atoms with van der Waals surface area (Å²) >= 11 is 3.44. The molecule has 2 heterocycles. The number of anilines is 3. The lowest BCUT2D eigenvalue weighted by Crippen LogP contribution is -2.46. The number of nitrogens with zero attached hydrogens (tertiary/aromatic N) is 3. The summed E-state index contributed by atoms with van der Waals surface area (Å²) < 4.78 is 33.4. The minimum Gasteiger partial charge on any atom is -0.380 e. The Balaban J connectivity index is 1.53. The number of benzene rings is 1. The van der Waals surface area contributed by atoms with Crippen LogP contribution in [-0.4, -0.2) is 79.1 Å². The van der Waals surface area contributed by atoms with E-state index in [1.54, 1.807) is 26.1 Å². The van der Waals surface area contributed by atoms with E-state index in [-0.39, 0.29) is 30.9 Å². The summed E-state index contributed by atoms with van der Waals surface area (Å²) in [6.45, 7) is 8.94. The van der Waals surface area contributed by atoms with Crippen molar-refractivity contribution in [1.29, 1.82) is 0 Å². The number of rotatable bonds is 14. The number of nitrogens with two attached hydrogens (primary N) is 1. The minimum absolute atomic E-state index is 0.0285. The Morgan fingerprint density at radius 1 is 1.24 bits per heavy atom. The maximum atomic E-state index is 12.9. The Labute approximate surface area is 250 Å². The Kier molecular flexibility index (Phi) is 11.5. The van der Waals surface area contributed by atoms with E-state index in [9.17, 15) is 18.0 Å². The summed E-state index contributed by atoms with van der Waals surface area (Å²) in [4.78, 5) is 33.4. The molecule has 2 amide bonds. The highest BCUT2D eigenvalue weighted by Crippen LogP contribution is 2.28. The zero-order valence-electron chi connectivity index (χ0n) is 24.0. The molecule has 1 fully saturated rings. The molecule has 5 N–H and O–H groups in total. The van der Waals surface area contributed by atoms with Crippen LogP contribution in [0.2, 0.25) is 0 Å². The molecule has 226 valence electrons. The molecule has 2 aromatic rings. The lowest BCUT2D eigenvalue weighted by Gasteiger charge is -2.32. The highest BCUT2D eigenvalue weighted by Gasteiger charge is 2.30. The number of carbonyl (C=O) groups excluding carboxylic acids is 2. The van der Waals surface area contributed by atoms with Gasteiger partial charge in [0.05, 0.1) is 33.5 Å². The zero-order valence-corrected chi connectivity index (χ0v) is 26.4. The molecule has 12 nitrogen and oxygen atoms in total. The van der Waals surface area contributed by atoms with Gasteiger partial charge in [-0.15, -0.1) is 0 Å². The summed E-state index contributed by atoms with van der Waals surface area (Å²) in [5.41, 5.74) is 6.50. The fourth-order valence-corrected chi connectivity index (χ4v) is 6.09. The van der Waals surface area contributed by atoms with Crippen LogP contribution in [0.25, 0.3) is 0 Å². The van der Waals surface area contributed by atoms with Crippen LogP contribution in [0.3, 0.4) is 0 Å². The van der Waals surface area contributed by atoms with Crippen molar-refractivity contribution in [2.24, 2.45) is 11.1 Å². The van der Waals surface area contributed by atoms with Crippen LogP contribution < -0.4 is 21.7 Å². The average molecular weight is 655 g/mol. The third-order valence-corrected chi connectivity index (χ3v) is 9.22. The van der Waals surface area contributed by atoms with Gasteiger partial charge in [-0.2, -0.15) is 4.98 Å². The number of halogens is 1. The van der Waals surface area contributed by atoms with Gasteiger partial charge in [0.25, 0.3) is 5.91 Å². The number of amides is 2. The number of hydrogen-bond acceptors (Lipinski definition) is 9. The number of nitrogens with one attached hydrogen (secondary N) is 3. The maximum absolute atomic E-state index is 12.9. The molecule has 0 saturated carbocycles. The second kappa shape index (κ2) is 14.4. The first-order valence-electron chi connectivity index (χ1n) is 13.6. The van der Waals surface area contributed by atoms with Gasteiger partial charge in [-0.1, -0.05) is 19.1 Å².